The van der Waals surface area contributed by atoms with Gasteiger partial charge in [0.15, 0.2) is 11.0 Å². The van der Waals surface area contributed by atoms with Crippen molar-refractivity contribution in [1.29, 1.82) is 0 Å². The maximum atomic E-state index is 11.6. The number of amides is 1. The lowest BCUT2D eigenvalue weighted by Crippen LogP contribution is -2.45. The summed E-state index contributed by atoms with van der Waals surface area (Å²) in [6, 6.07) is 1.89. The topological polar surface area (TPSA) is 80.2 Å². The average Bonchev–Trinajstić information content (AvgIpc) is 2.57. The van der Waals surface area contributed by atoms with E-state index in [0.29, 0.717) is 24.1 Å². The molecule has 1 aliphatic heterocycles. The summed E-state index contributed by atoms with van der Waals surface area (Å²) in [5, 5.41) is 13.4. The first kappa shape index (κ1) is 14.8. The SMILES string of the molecule is COC(=O)N1CCC[C@@H](Nc2nnc(Cl)c3ccncc23)C1. The Morgan fingerprint density at radius 1 is 1.45 bits per heavy atom. The molecule has 1 fully saturated rings. The van der Waals surface area contributed by atoms with E-state index in [-0.39, 0.29) is 12.1 Å². The number of nitrogens with zero attached hydrogens (tertiary/aromatic N) is 4. The second-order valence-corrected chi connectivity index (χ2v) is 5.52. The van der Waals surface area contributed by atoms with Gasteiger partial charge in [0.05, 0.1) is 7.11 Å². The average molecular weight is 322 g/mol. The van der Waals surface area contributed by atoms with E-state index in [1.807, 2.05) is 0 Å². The first-order valence-corrected chi connectivity index (χ1v) is 7.42. The molecule has 7 nitrogen and oxygen atoms in total. The zero-order valence-electron chi connectivity index (χ0n) is 12.1. The lowest BCUT2D eigenvalue weighted by molar-refractivity contribution is 0.113. The third-order valence-corrected chi connectivity index (χ3v) is 4.01. The van der Waals surface area contributed by atoms with Gasteiger partial charge >= 0.3 is 6.09 Å². The first-order valence-electron chi connectivity index (χ1n) is 7.04. The van der Waals surface area contributed by atoms with Gasteiger partial charge in [-0.1, -0.05) is 11.6 Å². The van der Waals surface area contributed by atoms with Crippen molar-refractivity contribution in [2.75, 3.05) is 25.5 Å². The number of carbonyl (C=O) groups is 1. The molecule has 0 spiro atoms. The molecule has 2 aromatic heterocycles. The number of halogens is 1. The first-order chi connectivity index (χ1) is 10.7. The Morgan fingerprint density at radius 3 is 3.14 bits per heavy atom. The number of hydrogen-bond donors (Lipinski definition) is 1. The summed E-state index contributed by atoms with van der Waals surface area (Å²) < 4.78 is 4.78. The predicted octanol–water partition coefficient (Wildman–Crippen LogP) is 2.32. The molecule has 0 radical (unpaired) electrons. The Hall–Kier alpha value is -2.15. The van der Waals surface area contributed by atoms with E-state index in [4.69, 9.17) is 16.3 Å². The van der Waals surface area contributed by atoms with E-state index in [2.05, 4.69) is 20.5 Å². The molecular weight excluding hydrogens is 306 g/mol. The van der Waals surface area contributed by atoms with Crippen LogP contribution < -0.4 is 5.32 Å². The van der Waals surface area contributed by atoms with Crippen LogP contribution in [-0.4, -0.2) is 52.4 Å². The van der Waals surface area contributed by atoms with Crippen molar-refractivity contribution in [3.8, 4) is 0 Å². The van der Waals surface area contributed by atoms with Gasteiger partial charge in [-0.15, -0.1) is 10.2 Å². The second kappa shape index (κ2) is 6.31. The summed E-state index contributed by atoms with van der Waals surface area (Å²) in [7, 11) is 1.39. The quantitative estimate of drug-likeness (QED) is 0.914. The van der Waals surface area contributed by atoms with Crippen LogP contribution in [0.3, 0.4) is 0 Å². The lowest BCUT2D eigenvalue weighted by Gasteiger charge is -2.32. The Morgan fingerprint density at radius 2 is 2.32 bits per heavy atom. The highest BCUT2D eigenvalue weighted by atomic mass is 35.5. The van der Waals surface area contributed by atoms with Gasteiger partial charge in [0.25, 0.3) is 0 Å². The summed E-state index contributed by atoms with van der Waals surface area (Å²) in [6.07, 6.45) is 4.92. The van der Waals surface area contributed by atoms with Crippen molar-refractivity contribution in [2.24, 2.45) is 0 Å². The normalized spacial score (nSPS) is 18.3. The molecule has 3 rings (SSSR count). The molecule has 1 N–H and O–H groups in total. The van der Waals surface area contributed by atoms with Crippen LogP contribution >= 0.6 is 11.6 Å². The van der Waals surface area contributed by atoms with Crippen molar-refractivity contribution in [1.82, 2.24) is 20.1 Å². The summed E-state index contributed by atoms with van der Waals surface area (Å²) in [6.45, 7) is 1.28. The number of ether oxygens (including phenoxy) is 1. The van der Waals surface area contributed by atoms with Crippen molar-refractivity contribution in [3.05, 3.63) is 23.6 Å². The summed E-state index contributed by atoms with van der Waals surface area (Å²) in [5.74, 6) is 0.629. The maximum absolute atomic E-state index is 11.6. The lowest BCUT2D eigenvalue weighted by atomic mass is 10.1. The van der Waals surface area contributed by atoms with E-state index < -0.39 is 0 Å². The summed E-state index contributed by atoms with van der Waals surface area (Å²) in [5.41, 5.74) is 0. The number of nitrogens with one attached hydrogen (secondary N) is 1. The van der Waals surface area contributed by atoms with E-state index >= 15 is 0 Å². The molecule has 2 aromatic rings. The van der Waals surface area contributed by atoms with Crippen molar-refractivity contribution < 1.29 is 9.53 Å². The van der Waals surface area contributed by atoms with Gasteiger partial charge in [-0.25, -0.2) is 4.79 Å². The number of methoxy groups -OCH3 is 1. The number of carbonyl (C=O) groups excluding carboxylic acids is 1. The molecule has 8 heteroatoms. The van der Waals surface area contributed by atoms with Crippen LogP contribution in [0, 0.1) is 0 Å². The third-order valence-electron chi connectivity index (χ3n) is 3.73. The number of rotatable bonds is 2. The van der Waals surface area contributed by atoms with Crippen LogP contribution in [0.25, 0.3) is 10.8 Å². The molecular formula is C14H16ClN5O2. The fourth-order valence-electron chi connectivity index (χ4n) is 2.65. The van der Waals surface area contributed by atoms with Crippen LogP contribution in [0.5, 0.6) is 0 Å². The second-order valence-electron chi connectivity index (χ2n) is 5.16. The fraction of sp³-hybridized carbons (Fsp3) is 0.429. The largest absolute Gasteiger partial charge is 0.453 e. The molecule has 0 aliphatic carbocycles. The number of pyridine rings is 1. The third kappa shape index (κ3) is 2.89. The van der Waals surface area contributed by atoms with E-state index in [0.717, 1.165) is 23.6 Å². The van der Waals surface area contributed by atoms with E-state index in [1.54, 1.807) is 23.4 Å². The number of aromatic nitrogens is 3. The van der Waals surface area contributed by atoms with E-state index in [1.165, 1.54) is 7.11 Å². The number of likely N-dealkylation sites (tertiary alicyclic amines) is 1. The smallest absolute Gasteiger partial charge is 0.409 e. The maximum Gasteiger partial charge on any atom is 0.409 e. The Balaban J connectivity index is 1.81. The predicted molar refractivity (Wildman–Crippen MR) is 83.0 cm³/mol. The zero-order chi connectivity index (χ0) is 15.5. The Bertz CT molecular complexity index is 696. The van der Waals surface area contributed by atoms with Gasteiger partial charge in [-0.05, 0) is 18.9 Å². The minimum absolute atomic E-state index is 0.0896. The minimum Gasteiger partial charge on any atom is -0.453 e. The molecule has 1 aliphatic rings. The highest BCUT2D eigenvalue weighted by Crippen LogP contribution is 2.26. The zero-order valence-corrected chi connectivity index (χ0v) is 12.9. The van der Waals surface area contributed by atoms with Gasteiger partial charge in [0.1, 0.15) is 0 Å². The van der Waals surface area contributed by atoms with Crippen LogP contribution in [0.1, 0.15) is 12.8 Å². The van der Waals surface area contributed by atoms with Crippen molar-refractivity contribution in [3.63, 3.8) is 0 Å². The molecule has 3 heterocycles. The molecule has 22 heavy (non-hydrogen) atoms. The highest BCUT2D eigenvalue weighted by Gasteiger charge is 2.25. The monoisotopic (exact) mass is 321 g/mol. The van der Waals surface area contributed by atoms with Crippen molar-refractivity contribution in [2.45, 2.75) is 18.9 Å². The van der Waals surface area contributed by atoms with Crippen LogP contribution in [0.2, 0.25) is 5.15 Å². The number of piperidine rings is 1. The van der Waals surface area contributed by atoms with Crippen LogP contribution in [0.15, 0.2) is 18.5 Å². The van der Waals surface area contributed by atoms with Crippen molar-refractivity contribution >= 4 is 34.3 Å². The minimum atomic E-state index is -0.305. The van der Waals surface area contributed by atoms with Gasteiger partial charge in [0.2, 0.25) is 0 Å². The van der Waals surface area contributed by atoms with Gasteiger partial charge in [0, 0.05) is 42.3 Å². The molecule has 1 atom stereocenters. The molecule has 1 saturated heterocycles. The van der Waals surface area contributed by atoms with E-state index in [9.17, 15) is 4.79 Å². The number of hydrogen-bond acceptors (Lipinski definition) is 6. The number of anilines is 1. The highest BCUT2D eigenvalue weighted by molar-refractivity contribution is 6.34. The van der Waals surface area contributed by atoms with Crippen LogP contribution in [0.4, 0.5) is 10.6 Å². The molecule has 1 amide bonds. The van der Waals surface area contributed by atoms with Gasteiger partial charge in [-0.3, -0.25) is 4.98 Å². The Labute approximate surface area is 132 Å². The number of fused-ring (bicyclic) bond motifs is 1. The Kier molecular flexibility index (Phi) is 4.24. The molecule has 116 valence electrons. The van der Waals surface area contributed by atoms with Gasteiger partial charge < -0.3 is 15.0 Å². The summed E-state index contributed by atoms with van der Waals surface area (Å²) in [4.78, 5) is 17.4. The standard InChI is InChI=1S/C14H16ClN5O2/c1-22-14(21)20-6-2-3-9(8-20)17-13-11-7-16-5-4-10(11)12(15)18-19-13/h4-5,7,9H,2-3,6,8H2,1H3,(H,17,19)/t9-/m1/s1. The van der Waals surface area contributed by atoms with Crippen LogP contribution in [-0.2, 0) is 4.74 Å². The summed E-state index contributed by atoms with van der Waals surface area (Å²) >= 11 is 6.06. The molecule has 0 aromatic carbocycles. The molecule has 0 saturated carbocycles. The van der Waals surface area contributed by atoms with Gasteiger partial charge in [-0.2, -0.15) is 0 Å². The fourth-order valence-corrected chi connectivity index (χ4v) is 2.86. The molecule has 0 unspecified atom stereocenters. The molecule has 0 bridgehead atoms.